The van der Waals surface area contributed by atoms with Crippen molar-refractivity contribution in [3.8, 4) is 5.75 Å². The number of fused-ring (bicyclic) bond motifs is 1. The van der Waals surface area contributed by atoms with E-state index in [0.29, 0.717) is 6.42 Å². The molecule has 0 fully saturated rings. The number of nitrogens with two attached hydrogens (primary N) is 1. The summed E-state index contributed by atoms with van der Waals surface area (Å²) in [6.45, 7) is 3.64. The Labute approximate surface area is 88.2 Å². The summed E-state index contributed by atoms with van der Waals surface area (Å²) in [5.41, 5.74) is 7.61. The fourth-order valence-electron chi connectivity index (χ4n) is 1.74. The van der Waals surface area contributed by atoms with Gasteiger partial charge in [-0.1, -0.05) is 12.1 Å². The first-order valence-corrected chi connectivity index (χ1v) is 4.89. The number of nitrogens with one attached hydrogen (secondary N) is 1. The van der Waals surface area contributed by atoms with Gasteiger partial charge in [0, 0.05) is 28.7 Å². The van der Waals surface area contributed by atoms with E-state index in [0.717, 1.165) is 16.5 Å². The third-order valence-corrected chi connectivity index (χ3v) is 2.56. The SMILES string of the molecule is C=CC[C@H](N)c1ccc2[nH]ccc2c1O. The Bertz CT molecular complexity index is 487. The van der Waals surface area contributed by atoms with Crippen LogP contribution < -0.4 is 5.73 Å². The predicted molar refractivity (Wildman–Crippen MR) is 61.7 cm³/mol. The summed E-state index contributed by atoms with van der Waals surface area (Å²) in [5, 5.41) is 10.8. The molecule has 2 aromatic rings. The zero-order valence-corrected chi connectivity index (χ0v) is 8.40. The summed E-state index contributed by atoms with van der Waals surface area (Å²) in [6, 6.07) is 5.42. The van der Waals surface area contributed by atoms with E-state index < -0.39 is 0 Å². The molecule has 1 atom stereocenters. The van der Waals surface area contributed by atoms with Crippen LogP contribution in [0.3, 0.4) is 0 Å². The van der Waals surface area contributed by atoms with Gasteiger partial charge in [-0.05, 0) is 18.6 Å². The van der Waals surface area contributed by atoms with Crippen LogP contribution in [0.2, 0.25) is 0 Å². The number of hydrogen-bond acceptors (Lipinski definition) is 2. The lowest BCUT2D eigenvalue weighted by molar-refractivity contribution is 0.468. The molecule has 0 aliphatic heterocycles. The molecule has 0 unspecified atom stereocenters. The number of hydrogen-bond donors (Lipinski definition) is 3. The van der Waals surface area contributed by atoms with Crippen LogP contribution in [0.4, 0.5) is 0 Å². The average Bonchev–Trinajstić information content (AvgIpc) is 2.67. The van der Waals surface area contributed by atoms with E-state index in [9.17, 15) is 5.11 Å². The molecule has 0 aliphatic rings. The van der Waals surface area contributed by atoms with Gasteiger partial charge in [-0.15, -0.1) is 6.58 Å². The van der Waals surface area contributed by atoms with Crippen LogP contribution in [-0.4, -0.2) is 10.1 Å². The molecule has 0 radical (unpaired) electrons. The van der Waals surface area contributed by atoms with Gasteiger partial charge in [0.2, 0.25) is 0 Å². The Kier molecular flexibility index (Phi) is 2.47. The highest BCUT2D eigenvalue weighted by Gasteiger charge is 2.12. The van der Waals surface area contributed by atoms with Gasteiger partial charge in [0.1, 0.15) is 5.75 Å². The van der Waals surface area contributed by atoms with Gasteiger partial charge < -0.3 is 15.8 Å². The fourth-order valence-corrected chi connectivity index (χ4v) is 1.74. The monoisotopic (exact) mass is 202 g/mol. The average molecular weight is 202 g/mol. The van der Waals surface area contributed by atoms with E-state index in [2.05, 4.69) is 11.6 Å². The van der Waals surface area contributed by atoms with Crippen molar-refractivity contribution in [1.29, 1.82) is 0 Å². The Balaban J connectivity index is 2.51. The molecule has 4 N–H and O–H groups in total. The topological polar surface area (TPSA) is 62.0 Å². The maximum Gasteiger partial charge on any atom is 0.129 e. The van der Waals surface area contributed by atoms with E-state index in [1.165, 1.54) is 0 Å². The maximum atomic E-state index is 10.0. The quantitative estimate of drug-likeness (QED) is 0.669. The Morgan fingerprint density at radius 1 is 1.47 bits per heavy atom. The summed E-state index contributed by atoms with van der Waals surface area (Å²) in [4.78, 5) is 3.04. The Morgan fingerprint density at radius 2 is 2.27 bits per heavy atom. The molecule has 0 saturated carbocycles. The number of phenols is 1. The summed E-state index contributed by atoms with van der Waals surface area (Å²) in [7, 11) is 0. The molecule has 3 heteroatoms. The molecule has 2 rings (SSSR count). The molecule has 15 heavy (non-hydrogen) atoms. The third-order valence-electron chi connectivity index (χ3n) is 2.56. The molecule has 0 bridgehead atoms. The van der Waals surface area contributed by atoms with E-state index in [1.54, 1.807) is 12.3 Å². The molecule has 0 amide bonds. The molecule has 1 aromatic carbocycles. The summed E-state index contributed by atoms with van der Waals surface area (Å²) >= 11 is 0. The van der Waals surface area contributed by atoms with E-state index in [-0.39, 0.29) is 11.8 Å². The lowest BCUT2D eigenvalue weighted by atomic mass is 10.0. The highest BCUT2D eigenvalue weighted by molar-refractivity contribution is 5.87. The number of benzene rings is 1. The van der Waals surface area contributed by atoms with Gasteiger partial charge in [0.05, 0.1) is 0 Å². The molecule has 0 saturated heterocycles. The van der Waals surface area contributed by atoms with E-state index in [1.807, 2.05) is 18.2 Å². The number of phenolic OH excluding ortho intramolecular Hbond substituents is 1. The first kappa shape index (κ1) is 9.80. The van der Waals surface area contributed by atoms with E-state index in [4.69, 9.17) is 5.73 Å². The molecule has 0 spiro atoms. The molecule has 1 heterocycles. The molecular weight excluding hydrogens is 188 g/mol. The van der Waals surface area contributed by atoms with Crippen molar-refractivity contribution in [3.05, 3.63) is 42.6 Å². The van der Waals surface area contributed by atoms with Crippen molar-refractivity contribution < 1.29 is 5.11 Å². The second-order valence-corrected chi connectivity index (χ2v) is 3.57. The van der Waals surface area contributed by atoms with Crippen LogP contribution >= 0.6 is 0 Å². The second-order valence-electron chi connectivity index (χ2n) is 3.57. The highest BCUT2D eigenvalue weighted by atomic mass is 16.3. The second kappa shape index (κ2) is 3.79. The minimum Gasteiger partial charge on any atom is -0.507 e. The van der Waals surface area contributed by atoms with Crippen LogP contribution in [0, 0.1) is 0 Å². The van der Waals surface area contributed by atoms with Crippen LogP contribution in [0.15, 0.2) is 37.1 Å². The maximum absolute atomic E-state index is 10.0. The fraction of sp³-hybridized carbons (Fsp3) is 0.167. The Morgan fingerprint density at radius 3 is 3.00 bits per heavy atom. The molecule has 0 aliphatic carbocycles. The van der Waals surface area contributed by atoms with Crippen molar-refractivity contribution in [3.63, 3.8) is 0 Å². The standard InChI is InChI=1S/C12H14N2O/c1-2-3-10(13)8-4-5-11-9(12(8)15)6-7-14-11/h2,4-7,10,14-15H,1,3,13H2/t10-/m0/s1. The lowest BCUT2D eigenvalue weighted by Gasteiger charge is -2.11. The summed E-state index contributed by atoms with van der Waals surface area (Å²) < 4.78 is 0. The molecule has 3 nitrogen and oxygen atoms in total. The Hall–Kier alpha value is -1.74. The van der Waals surface area contributed by atoms with Gasteiger partial charge in [0.25, 0.3) is 0 Å². The van der Waals surface area contributed by atoms with E-state index >= 15 is 0 Å². The molecule has 78 valence electrons. The van der Waals surface area contributed by atoms with Gasteiger partial charge in [-0.25, -0.2) is 0 Å². The van der Waals surface area contributed by atoms with Crippen molar-refractivity contribution in [1.82, 2.24) is 4.98 Å². The third kappa shape index (κ3) is 1.62. The van der Waals surface area contributed by atoms with Crippen molar-refractivity contribution >= 4 is 10.9 Å². The minimum atomic E-state index is -0.193. The summed E-state index contributed by atoms with van der Waals surface area (Å²) in [6.07, 6.45) is 4.21. The largest absolute Gasteiger partial charge is 0.507 e. The van der Waals surface area contributed by atoms with Crippen LogP contribution in [-0.2, 0) is 0 Å². The number of rotatable bonds is 3. The summed E-state index contributed by atoms with van der Waals surface area (Å²) in [5.74, 6) is 0.267. The first-order chi connectivity index (χ1) is 7.24. The van der Waals surface area contributed by atoms with Crippen molar-refractivity contribution in [2.24, 2.45) is 5.73 Å². The van der Waals surface area contributed by atoms with Crippen LogP contribution in [0.1, 0.15) is 18.0 Å². The zero-order valence-electron chi connectivity index (χ0n) is 8.40. The van der Waals surface area contributed by atoms with Crippen LogP contribution in [0.25, 0.3) is 10.9 Å². The zero-order chi connectivity index (χ0) is 10.8. The van der Waals surface area contributed by atoms with Gasteiger partial charge >= 0.3 is 0 Å². The van der Waals surface area contributed by atoms with Crippen molar-refractivity contribution in [2.45, 2.75) is 12.5 Å². The lowest BCUT2D eigenvalue weighted by Crippen LogP contribution is -2.09. The molecule has 1 aromatic heterocycles. The number of aromatic amines is 1. The first-order valence-electron chi connectivity index (χ1n) is 4.89. The normalized spacial score (nSPS) is 12.9. The number of aromatic hydroxyl groups is 1. The highest BCUT2D eigenvalue weighted by Crippen LogP contribution is 2.32. The van der Waals surface area contributed by atoms with Crippen molar-refractivity contribution in [2.75, 3.05) is 0 Å². The van der Waals surface area contributed by atoms with Crippen LogP contribution in [0.5, 0.6) is 5.75 Å². The minimum absolute atomic E-state index is 0.193. The number of aromatic nitrogens is 1. The van der Waals surface area contributed by atoms with Gasteiger partial charge in [-0.3, -0.25) is 0 Å². The number of H-pyrrole nitrogens is 1. The molecular formula is C12H14N2O. The van der Waals surface area contributed by atoms with Gasteiger partial charge in [0.15, 0.2) is 0 Å². The predicted octanol–water partition coefficient (Wildman–Crippen LogP) is 2.45. The smallest absolute Gasteiger partial charge is 0.129 e. The van der Waals surface area contributed by atoms with Gasteiger partial charge in [-0.2, -0.15) is 0 Å².